The maximum atomic E-state index is 13.3. The molecule has 0 aliphatic carbocycles. The van der Waals surface area contributed by atoms with Crippen molar-refractivity contribution in [3.8, 4) is 23.0 Å². The number of hydrogen-bond acceptors (Lipinski definition) is 15. The van der Waals surface area contributed by atoms with E-state index in [2.05, 4.69) is 31.1 Å². The summed E-state index contributed by atoms with van der Waals surface area (Å²) in [5.74, 6) is -0.979. The van der Waals surface area contributed by atoms with Crippen LogP contribution in [0, 0.1) is 13.8 Å². The molecule has 0 radical (unpaired) electrons. The number of anilines is 2. The molecular weight excluding hydrogens is 1050 g/mol. The van der Waals surface area contributed by atoms with Gasteiger partial charge < -0.3 is 34.9 Å². The SMILES string of the molecule is COc1ccc(NC(=O)c2cc3ccccc3c(N=Nc3cc(Cl)c(S(=O)(=O)O)cc3C)c2O)cc1.COc1ccc(NC(=O)c2cc3ccccc3c(N=Nc3cc(Cl)c(S(=O)(=O)[O-])cc3C)c2[O-])cc1.[Ca+2]. The number of methoxy groups -OCH3 is 2. The summed E-state index contributed by atoms with van der Waals surface area (Å²) in [6, 6.07) is 34.9. The summed E-state index contributed by atoms with van der Waals surface area (Å²) in [5, 5.41) is 47.9. The number of aromatic hydroxyl groups is 1. The first-order valence-corrected chi connectivity index (χ1v) is 24.5. The molecule has 8 aromatic rings. The second-order valence-electron chi connectivity index (χ2n) is 15.5. The molecule has 73 heavy (non-hydrogen) atoms. The summed E-state index contributed by atoms with van der Waals surface area (Å²) in [4.78, 5) is 25.0. The zero-order chi connectivity index (χ0) is 52.1. The number of nitrogens with one attached hydrogen (secondary N) is 2. The van der Waals surface area contributed by atoms with Crippen molar-refractivity contribution in [1.82, 2.24) is 0 Å². The molecule has 0 saturated carbocycles. The quantitative estimate of drug-likeness (QED) is 0.0505. The van der Waals surface area contributed by atoms with Crippen LogP contribution in [0.15, 0.2) is 164 Å². The van der Waals surface area contributed by atoms with Gasteiger partial charge in [-0.2, -0.15) is 23.8 Å². The summed E-state index contributed by atoms with van der Waals surface area (Å²) in [6.45, 7) is 3.09. The summed E-state index contributed by atoms with van der Waals surface area (Å²) >= 11 is 12.0. The predicted molar refractivity (Wildman–Crippen MR) is 275 cm³/mol. The number of fused-ring (bicyclic) bond motifs is 2. The van der Waals surface area contributed by atoms with Crippen molar-refractivity contribution in [2.24, 2.45) is 20.5 Å². The molecule has 23 heteroatoms. The number of halogens is 2. The van der Waals surface area contributed by atoms with Crippen LogP contribution in [0.3, 0.4) is 0 Å². The Labute approximate surface area is 457 Å². The maximum Gasteiger partial charge on any atom is 2.00 e. The van der Waals surface area contributed by atoms with Gasteiger partial charge in [0.25, 0.3) is 21.9 Å². The van der Waals surface area contributed by atoms with Gasteiger partial charge in [-0.05, 0) is 121 Å². The van der Waals surface area contributed by atoms with Crippen molar-refractivity contribution in [1.29, 1.82) is 0 Å². The molecule has 0 bridgehead atoms. The average molecular weight is 1090 g/mol. The van der Waals surface area contributed by atoms with Crippen molar-refractivity contribution in [3.63, 3.8) is 0 Å². The number of rotatable bonds is 12. The Morgan fingerprint density at radius 1 is 0.589 bits per heavy atom. The van der Waals surface area contributed by atoms with E-state index in [0.717, 1.165) is 6.07 Å². The van der Waals surface area contributed by atoms with Crippen molar-refractivity contribution < 1.29 is 55.2 Å². The molecule has 0 fully saturated rings. The summed E-state index contributed by atoms with van der Waals surface area (Å²) in [5.41, 5.74) is 1.82. The van der Waals surface area contributed by atoms with Crippen LogP contribution in [-0.4, -0.2) is 94.8 Å². The number of phenols is 1. The summed E-state index contributed by atoms with van der Waals surface area (Å²) < 4.78 is 76.6. The number of amides is 2. The van der Waals surface area contributed by atoms with Crippen molar-refractivity contribution in [2.45, 2.75) is 23.6 Å². The van der Waals surface area contributed by atoms with Gasteiger partial charge in [-0.1, -0.05) is 77.5 Å². The fourth-order valence-corrected chi connectivity index (χ4v) is 9.16. The molecule has 0 saturated heterocycles. The number of nitrogens with zero attached hydrogens (tertiary/aromatic N) is 4. The number of hydrogen-bond donors (Lipinski definition) is 4. The molecule has 8 rings (SSSR count). The minimum absolute atomic E-state index is 0. The Hall–Kier alpha value is -6.72. The van der Waals surface area contributed by atoms with E-state index < -0.39 is 47.6 Å². The van der Waals surface area contributed by atoms with Crippen LogP contribution in [0.2, 0.25) is 10.0 Å². The minimum Gasteiger partial charge on any atom is -0.870 e. The molecule has 0 atom stereocenters. The minimum atomic E-state index is -4.78. The zero-order valence-electron chi connectivity index (χ0n) is 38.7. The Kier molecular flexibility index (Phi) is 17.8. The van der Waals surface area contributed by atoms with E-state index in [1.54, 1.807) is 110 Å². The van der Waals surface area contributed by atoms with E-state index in [-0.39, 0.29) is 87.4 Å². The molecule has 0 heterocycles. The van der Waals surface area contributed by atoms with E-state index >= 15 is 0 Å². The van der Waals surface area contributed by atoms with Gasteiger partial charge in [0.1, 0.15) is 32.2 Å². The van der Waals surface area contributed by atoms with Crippen LogP contribution < -0.4 is 25.2 Å². The van der Waals surface area contributed by atoms with E-state index in [1.807, 2.05) is 0 Å². The van der Waals surface area contributed by atoms with Gasteiger partial charge in [-0.3, -0.25) is 14.1 Å². The first-order chi connectivity index (χ1) is 34.2. The number of carbonyl (C=O) groups excluding carboxylic acids is 2. The third-order valence-corrected chi connectivity index (χ3v) is 13.3. The van der Waals surface area contributed by atoms with Gasteiger partial charge in [0.15, 0.2) is 5.75 Å². The van der Waals surface area contributed by atoms with E-state index in [9.17, 15) is 45.7 Å². The van der Waals surface area contributed by atoms with E-state index in [0.29, 0.717) is 55.5 Å². The molecule has 8 aromatic carbocycles. The number of azo groups is 2. The fraction of sp³-hybridized carbons (Fsp3) is 0.0800. The largest absolute Gasteiger partial charge is 2.00 e. The van der Waals surface area contributed by atoms with Crippen LogP contribution in [0.1, 0.15) is 31.8 Å². The molecule has 0 aromatic heterocycles. The van der Waals surface area contributed by atoms with Crippen LogP contribution >= 0.6 is 23.2 Å². The van der Waals surface area contributed by atoms with Gasteiger partial charge in [-0.25, -0.2) is 8.42 Å². The van der Waals surface area contributed by atoms with Gasteiger partial charge in [0.2, 0.25) is 0 Å². The number of benzene rings is 8. The van der Waals surface area contributed by atoms with E-state index in [4.69, 9.17) is 32.7 Å². The second kappa shape index (κ2) is 23.4. The third-order valence-electron chi connectivity index (χ3n) is 10.7. The van der Waals surface area contributed by atoms with Gasteiger partial charge in [0.05, 0.1) is 51.8 Å². The Morgan fingerprint density at radius 3 is 1.47 bits per heavy atom. The van der Waals surface area contributed by atoms with Crippen LogP contribution in [-0.2, 0) is 20.2 Å². The summed E-state index contributed by atoms with van der Waals surface area (Å²) in [7, 11) is -6.23. The first-order valence-electron chi connectivity index (χ1n) is 20.9. The van der Waals surface area contributed by atoms with Crippen molar-refractivity contribution in [3.05, 3.63) is 166 Å². The van der Waals surface area contributed by atoms with Gasteiger partial charge >= 0.3 is 37.7 Å². The van der Waals surface area contributed by atoms with Crippen molar-refractivity contribution >= 4 is 149 Å². The van der Waals surface area contributed by atoms with Crippen LogP contribution in [0.5, 0.6) is 23.0 Å². The molecular formula is C50H38CaCl2N6O12S2. The smallest absolute Gasteiger partial charge is 0.870 e. The first kappa shape index (κ1) is 55.6. The predicted octanol–water partition coefficient (Wildman–Crippen LogP) is 11.5. The van der Waals surface area contributed by atoms with Crippen LogP contribution in [0.25, 0.3) is 21.5 Å². The maximum absolute atomic E-state index is 13.3. The van der Waals surface area contributed by atoms with Gasteiger partial charge in [-0.15, -0.1) is 5.11 Å². The number of ether oxygens (including phenoxy) is 2. The Morgan fingerprint density at radius 2 is 1.00 bits per heavy atom. The molecule has 368 valence electrons. The monoisotopic (exact) mass is 1090 g/mol. The topological polar surface area (TPSA) is 281 Å². The Bertz CT molecular complexity index is 3490. The molecule has 0 unspecified atom stereocenters. The molecule has 2 amide bonds. The number of carbonyl (C=O) groups is 2. The molecule has 0 aliphatic heterocycles. The molecule has 18 nitrogen and oxygen atoms in total. The Balaban J connectivity index is 0.000000235. The average Bonchev–Trinajstić information content (AvgIpc) is 3.34. The van der Waals surface area contributed by atoms with Crippen molar-refractivity contribution in [2.75, 3.05) is 24.9 Å². The molecule has 4 N–H and O–H groups in total. The van der Waals surface area contributed by atoms with E-state index in [1.165, 1.54) is 45.4 Å². The zero-order valence-corrected chi connectivity index (χ0v) is 44.1. The second-order valence-corrected chi connectivity index (χ2v) is 19.1. The summed E-state index contributed by atoms with van der Waals surface area (Å²) in [6.07, 6.45) is 0. The normalized spacial score (nSPS) is 11.5. The molecule has 0 aliphatic rings. The third kappa shape index (κ3) is 13.1. The number of aryl methyl sites for hydroxylation is 2. The standard InChI is InChI=1S/2C25H20ClN3O6S.Ca/c2*1-14-11-22(36(32,33)34)20(26)13-21(14)28-29-23-18-6-4-3-5-15(18)12-19(24(23)30)25(31)27-16-7-9-17(35-2)10-8-16;/h2*3-13,30H,1-2H3,(H,27,31)(H,32,33,34);/q;;+2/p-2. The van der Waals surface area contributed by atoms with Crippen LogP contribution in [0.4, 0.5) is 34.1 Å². The van der Waals surface area contributed by atoms with Gasteiger partial charge in [0, 0.05) is 27.7 Å². The number of phenolic OH excluding ortho intramolecular Hbond substituents is 1. The molecule has 0 spiro atoms. The fourth-order valence-electron chi connectivity index (χ4n) is 7.02.